The van der Waals surface area contributed by atoms with Gasteiger partial charge in [-0.25, -0.2) is 0 Å². The number of esters is 1. The lowest BCUT2D eigenvalue weighted by atomic mass is 10.1. The van der Waals surface area contributed by atoms with E-state index in [0.29, 0.717) is 12.1 Å². The van der Waals surface area contributed by atoms with E-state index in [4.69, 9.17) is 4.74 Å². The van der Waals surface area contributed by atoms with E-state index in [1.165, 1.54) is 32.8 Å². The first kappa shape index (κ1) is 17.4. The summed E-state index contributed by atoms with van der Waals surface area (Å²) < 4.78 is 4.92. The van der Waals surface area contributed by atoms with Gasteiger partial charge in [0.25, 0.3) is 0 Å². The van der Waals surface area contributed by atoms with Crippen molar-refractivity contribution in [2.75, 3.05) is 20.2 Å². The molecule has 1 saturated carbocycles. The maximum Gasteiger partial charge on any atom is 0.322 e. The van der Waals surface area contributed by atoms with Crippen LogP contribution in [0.3, 0.4) is 0 Å². The van der Waals surface area contributed by atoms with Crippen LogP contribution in [0.4, 0.5) is 0 Å². The van der Waals surface area contributed by atoms with Crippen LogP contribution < -0.4 is 5.32 Å². The zero-order valence-corrected chi connectivity index (χ0v) is 13.7. The summed E-state index contributed by atoms with van der Waals surface area (Å²) in [7, 11) is 1.48. The maximum atomic E-state index is 11.8. The smallest absolute Gasteiger partial charge is 0.322 e. The second-order valence-corrected chi connectivity index (χ2v) is 5.95. The minimum absolute atomic E-state index is 0.114. The van der Waals surface area contributed by atoms with Crippen molar-refractivity contribution in [2.24, 2.45) is 0 Å². The van der Waals surface area contributed by atoms with Crippen LogP contribution in [0.1, 0.15) is 59.3 Å². The first-order valence-corrected chi connectivity index (χ1v) is 8.20. The minimum Gasteiger partial charge on any atom is -0.468 e. The van der Waals surface area contributed by atoms with Gasteiger partial charge in [-0.05, 0) is 45.6 Å². The Bertz CT molecular complexity index is 280. The van der Waals surface area contributed by atoms with Crippen molar-refractivity contribution >= 4 is 5.97 Å². The van der Waals surface area contributed by atoms with Gasteiger partial charge in [0, 0.05) is 18.6 Å². The van der Waals surface area contributed by atoms with Crippen LogP contribution in [0, 0.1) is 0 Å². The van der Waals surface area contributed by atoms with Gasteiger partial charge in [0.1, 0.15) is 6.04 Å². The average Bonchev–Trinajstić information content (AvgIpc) is 3.28. The SMILES string of the molecule is CCCCN(CCC(NC1CC1)C(=O)OC)C(C)CC. The molecule has 4 heteroatoms. The molecule has 0 aromatic carbocycles. The van der Waals surface area contributed by atoms with Crippen molar-refractivity contribution in [3.8, 4) is 0 Å². The molecule has 0 radical (unpaired) electrons. The lowest BCUT2D eigenvalue weighted by Crippen LogP contribution is -2.43. The van der Waals surface area contributed by atoms with E-state index in [9.17, 15) is 4.79 Å². The van der Waals surface area contributed by atoms with Gasteiger partial charge in [-0.3, -0.25) is 4.79 Å². The van der Waals surface area contributed by atoms with Gasteiger partial charge < -0.3 is 15.0 Å². The molecule has 1 aliphatic carbocycles. The molecule has 2 atom stereocenters. The first-order valence-electron chi connectivity index (χ1n) is 8.20. The molecule has 1 fully saturated rings. The summed E-state index contributed by atoms with van der Waals surface area (Å²) in [6, 6.07) is 0.980. The molecule has 0 aromatic heterocycles. The van der Waals surface area contributed by atoms with E-state index >= 15 is 0 Å². The Kier molecular flexibility index (Phi) is 8.15. The number of rotatable bonds is 11. The molecule has 0 amide bonds. The largest absolute Gasteiger partial charge is 0.468 e. The Labute approximate surface area is 124 Å². The average molecular weight is 284 g/mol. The lowest BCUT2D eigenvalue weighted by Gasteiger charge is -2.29. The molecule has 4 nitrogen and oxygen atoms in total. The van der Waals surface area contributed by atoms with Crippen LogP contribution in [-0.2, 0) is 9.53 Å². The number of ether oxygens (including phenoxy) is 1. The van der Waals surface area contributed by atoms with Gasteiger partial charge in [0.05, 0.1) is 7.11 Å². The third-order valence-electron chi connectivity index (χ3n) is 4.22. The summed E-state index contributed by atoms with van der Waals surface area (Å²) in [4.78, 5) is 14.3. The van der Waals surface area contributed by atoms with E-state index < -0.39 is 0 Å². The topological polar surface area (TPSA) is 41.6 Å². The fourth-order valence-electron chi connectivity index (χ4n) is 2.41. The predicted molar refractivity (Wildman–Crippen MR) is 82.8 cm³/mol. The van der Waals surface area contributed by atoms with Crippen LogP contribution in [-0.4, -0.2) is 49.2 Å². The molecule has 0 bridgehead atoms. The summed E-state index contributed by atoms with van der Waals surface area (Å²) in [6.45, 7) is 8.82. The molecule has 20 heavy (non-hydrogen) atoms. The second kappa shape index (κ2) is 9.35. The van der Waals surface area contributed by atoms with E-state index in [-0.39, 0.29) is 12.0 Å². The van der Waals surface area contributed by atoms with Crippen molar-refractivity contribution in [1.82, 2.24) is 10.2 Å². The number of hydrogen-bond acceptors (Lipinski definition) is 4. The minimum atomic E-state index is -0.138. The van der Waals surface area contributed by atoms with E-state index in [2.05, 4.69) is 31.0 Å². The Morgan fingerprint density at radius 1 is 1.35 bits per heavy atom. The third-order valence-corrected chi connectivity index (χ3v) is 4.22. The third kappa shape index (κ3) is 6.23. The quantitative estimate of drug-likeness (QED) is 0.592. The Morgan fingerprint density at radius 2 is 2.05 bits per heavy atom. The zero-order chi connectivity index (χ0) is 15.0. The summed E-state index contributed by atoms with van der Waals surface area (Å²) in [5.74, 6) is -0.114. The molecule has 1 aliphatic rings. The molecule has 2 unspecified atom stereocenters. The number of hydrogen-bond donors (Lipinski definition) is 1. The van der Waals surface area contributed by atoms with Gasteiger partial charge in [-0.15, -0.1) is 0 Å². The number of nitrogens with one attached hydrogen (secondary N) is 1. The Balaban J connectivity index is 2.45. The summed E-state index contributed by atoms with van der Waals surface area (Å²) >= 11 is 0. The zero-order valence-electron chi connectivity index (χ0n) is 13.7. The maximum absolute atomic E-state index is 11.8. The summed E-state index contributed by atoms with van der Waals surface area (Å²) in [6.07, 6.45) is 6.83. The van der Waals surface area contributed by atoms with Gasteiger partial charge in [-0.2, -0.15) is 0 Å². The Hall–Kier alpha value is -0.610. The molecule has 118 valence electrons. The van der Waals surface area contributed by atoms with E-state index in [0.717, 1.165) is 25.9 Å². The number of nitrogens with zero attached hydrogens (tertiary/aromatic N) is 1. The van der Waals surface area contributed by atoms with Gasteiger partial charge in [0.15, 0.2) is 0 Å². The molecule has 0 saturated heterocycles. The molecule has 0 spiro atoms. The van der Waals surface area contributed by atoms with Crippen molar-refractivity contribution in [2.45, 2.75) is 77.4 Å². The molecular weight excluding hydrogens is 252 g/mol. The molecule has 0 heterocycles. The second-order valence-electron chi connectivity index (χ2n) is 5.95. The Morgan fingerprint density at radius 3 is 2.55 bits per heavy atom. The summed E-state index contributed by atoms with van der Waals surface area (Å²) in [5.41, 5.74) is 0. The highest BCUT2D eigenvalue weighted by Gasteiger charge is 2.29. The number of carbonyl (C=O) groups excluding carboxylic acids is 1. The van der Waals surface area contributed by atoms with Crippen LogP contribution in [0.2, 0.25) is 0 Å². The highest BCUT2D eigenvalue weighted by Crippen LogP contribution is 2.20. The molecular formula is C16H32N2O2. The number of carbonyl (C=O) groups is 1. The van der Waals surface area contributed by atoms with Gasteiger partial charge >= 0.3 is 5.97 Å². The fourth-order valence-corrected chi connectivity index (χ4v) is 2.41. The standard InChI is InChI=1S/C16H32N2O2/c1-5-7-11-18(13(3)6-2)12-10-15(16(19)20-4)17-14-8-9-14/h13-15,17H,5-12H2,1-4H3. The monoisotopic (exact) mass is 284 g/mol. The predicted octanol–water partition coefficient (Wildman–Crippen LogP) is 2.57. The summed E-state index contributed by atoms with van der Waals surface area (Å²) in [5, 5.41) is 3.41. The highest BCUT2D eigenvalue weighted by atomic mass is 16.5. The van der Waals surface area contributed by atoms with Crippen molar-refractivity contribution in [3.63, 3.8) is 0 Å². The first-order chi connectivity index (χ1) is 9.62. The van der Waals surface area contributed by atoms with Crippen LogP contribution in [0.5, 0.6) is 0 Å². The van der Waals surface area contributed by atoms with Crippen molar-refractivity contribution < 1.29 is 9.53 Å². The van der Waals surface area contributed by atoms with E-state index in [1.54, 1.807) is 0 Å². The van der Waals surface area contributed by atoms with Crippen molar-refractivity contribution in [3.05, 3.63) is 0 Å². The normalized spacial score (nSPS) is 18.1. The highest BCUT2D eigenvalue weighted by molar-refractivity contribution is 5.75. The van der Waals surface area contributed by atoms with Crippen LogP contribution >= 0.6 is 0 Å². The molecule has 1 rings (SSSR count). The molecule has 0 aromatic rings. The van der Waals surface area contributed by atoms with Gasteiger partial charge in [0.2, 0.25) is 0 Å². The fraction of sp³-hybridized carbons (Fsp3) is 0.938. The van der Waals surface area contributed by atoms with Crippen LogP contribution in [0.25, 0.3) is 0 Å². The van der Waals surface area contributed by atoms with E-state index in [1.807, 2.05) is 0 Å². The van der Waals surface area contributed by atoms with Crippen LogP contribution in [0.15, 0.2) is 0 Å². The lowest BCUT2D eigenvalue weighted by molar-refractivity contribution is -0.143. The van der Waals surface area contributed by atoms with Gasteiger partial charge in [-0.1, -0.05) is 20.3 Å². The number of unbranched alkanes of at least 4 members (excludes halogenated alkanes) is 1. The number of methoxy groups -OCH3 is 1. The molecule has 0 aliphatic heterocycles. The van der Waals surface area contributed by atoms with Crippen molar-refractivity contribution in [1.29, 1.82) is 0 Å². The molecule has 1 N–H and O–H groups in total.